The second-order valence-electron chi connectivity index (χ2n) is 1.21. The number of nitrogens with two attached hydrogens (primary N) is 1. The SMILES string of the molecule is CCCSC(=N)N.Cl. The lowest BCUT2D eigenvalue weighted by Crippen LogP contribution is -2.03. The van der Waals surface area contributed by atoms with Crippen LogP contribution >= 0.6 is 24.2 Å². The highest BCUT2D eigenvalue weighted by atomic mass is 35.5. The van der Waals surface area contributed by atoms with Crippen LogP contribution < -0.4 is 5.73 Å². The van der Waals surface area contributed by atoms with Crippen LogP contribution in [0.1, 0.15) is 13.3 Å². The Hall–Kier alpha value is 0.110. The minimum Gasteiger partial charge on any atom is -0.379 e. The maximum atomic E-state index is 6.74. The predicted octanol–water partition coefficient (Wildman–Crippen LogP) is 1.44. The van der Waals surface area contributed by atoms with Gasteiger partial charge >= 0.3 is 0 Å². The molecule has 0 rings (SSSR count). The second kappa shape index (κ2) is 7.11. The zero-order valence-corrected chi connectivity index (χ0v) is 6.44. The molecule has 0 heterocycles. The molecule has 0 saturated carbocycles. The molecule has 0 aliphatic carbocycles. The van der Waals surface area contributed by atoms with Crippen LogP contribution in [-0.2, 0) is 0 Å². The maximum absolute atomic E-state index is 6.74. The Kier molecular flexibility index (Phi) is 9.76. The van der Waals surface area contributed by atoms with Crippen LogP contribution in [0.25, 0.3) is 0 Å². The monoisotopic (exact) mass is 154 g/mol. The first-order valence-electron chi connectivity index (χ1n) is 2.24. The number of thioether (sulfide) groups is 1. The highest BCUT2D eigenvalue weighted by Gasteiger charge is 1.84. The highest BCUT2D eigenvalue weighted by Crippen LogP contribution is 1.97. The van der Waals surface area contributed by atoms with Crippen molar-refractivity contribution < 1.29 is 0 Å². The molecule has 0 radical (unpaired) electrons. The molecule has 0 aromatic rings. The van der Waals surface area contributed by atoms with Crippen molar-refractivity contribution in [1.29, 1.82) is 5.41 Å². The van der Waals surface area contributed by atoms with Crippen molar-refractivity contribution in [3.05, 3.63) is 0 Å². The molecule has 0 bridgehead atoms. The summed E-state index contributed by atoms with van der Waals surface area (Å²) in [5.74, 6) is 0.968. The van der Waals surface area contributed by atoms with Crippen molar-refractivity contribution in [1.82, 2.24) is 0 Å². The van der Waals surface area contributed by atoms with E-state index in [0.29, 0.717) is 0 Å². The molecular formula is C4H11ClN2S. The first kappa shape index (κ1) is 11.0. The third kappa shape index (κ3) is 9.44. The largest absolute Gasteiger partial charge is 0.379 e. The Morgan fingerprint density at radius 1 is 1.75 bits per heavy atom. The van der Waals surface area contributed by atoms with Crippen LogP contribution in [0.3, 0.4) is 0 Å². The minimum absolute atomic E-state index is 0. The summed E-state index contributed by atoms with van der Waals surface area (Å²) < 4.78 is 0. The molecule has 0 amide bonds. The highest BCUT2D eigenvalue weighted by molar-refractivity contribution is 8.13. The lowest BCUT2D eigenvalue weighted by Gasteiger charge is -1.90. The average molecular weight is 155 g/mol. The van der Waals surface area contributed by atoms with Crippen LogP contribution in [0.5, 0.6) is 0 Å². The summed E-state index contributed by atoms with van der Waals surface area (Å²) in [4.78, 5) is 0. The van der Waals surface area contributed by atoms with Gasteiger partial charge in [0.05, 0.1) is 0 Å². The molecule has 0 atom stereocenters. The fourth-order valence-corrected chi connectivity index (χ4v) is 0.636. The van der Waals surface area contributed by atoms with Crippen molar-refractivity contribution in [2.45, 2.75) is 13.3 Å². The summed E-state index contributed by atoms with van der Waals surface area (Å²) in [6.07, 6.45) is 1.09. The summed E-state index contributed by atoms with van der Waals surface area (Å²) in [5, 5.41) is 6.96. The fourth-order valence-electron chi connectivity index (χ4n) is 0.212. The summed E-state index contributed by atoms with van der Waals surface area (Å²) in [6.45, 7) is 2.07. The fraction of sp³-hybridized carbons (Fsp3) is 0.750. The molecule has 0 aromatic carbocycles. The van der Waals surface area contributed by atoms with E-state index in [-0.39, 0.29) is 17.6 Å². The lowest BCUT2D eigenvalue weighted by molar-refractivity contribution is 1.11. The number of nitrogens with one attached hydrogen (secondary N) is 1. The van der Waals surface area contributed by atoms with Crippen molar-refractivity contribution in [3.8, 4) is 0 Å². The molecule has 0 unspecified atom stereocenters. The van der Waals surface area contributed by atoms with Gasteiger partial charge in [-0.1, -0.05) is 18.7 Å². The van der Waals surface area contributed by atoms with Gasteiger partial charge in [-0.05, 0) is 6.42 Å². The quantitative estimate of drug-likeness (QED) is 0.467. The van der Waals surface area contributed by atoms with Crippen molar-refractivity contribution in [2.75, 3.05) is 5.75 Å². The van der Waals surface area contributed by atoms with E-state index in [1.165, 1.54) is 11.8 Å². The van der Waals surface area contributed by atoms with Crippen LogP contribution in [0.2, 0.25) is 0 Å². The summed E-state index contributed by atoms with van der Waals surface area (Å²) in [6, 6.07) is 0. The number of halogens is 1. The molecule has 4 heteroatoms. The van der Waals surface area contributed by atoms with Gasteiger partial charge in [0, 0.05) is 5.75 Å². The molecule has 0 aromatic heterocycles. The molecule has 0 aliphatic rings. The Bertz CT molecular complexity index is 67.1. The molecule has 0 saturated heterocycles. The van der Waals surface area contributed by atoms with E-state index in [1.807, 2.05) is 0 Å². The van der Waals surface area contributed by atoms with E-state index in [9.17, 15) is 0 Å². The van der Waals surface area contributed by atoms with E-state index in [2.05, 4.69) is 6.92 Å². The Morgan fingerprint density at radius 3 is 2.38 bits per heavy atom. The lowest BCUT2D eigenvalue weighted by atomic mass is 10.6. The normalized spacial score (nSPS) is 7.62. The van der Waals surface area contributed by atoms with Gasteiger partial charge < -0.3 is 5.73 Å². The van der Waals surface area contributed by atoms with Gasteiger partial charge in [0.25, 0.3) is 0 Å². The third-order valence-electron chi connectivity index (χ3n) is 0.462. The number of amidine groups is 1. The van der Waals surface area contributed by atoms with E-state index in [1.54, 1.807) is 0 Å². The maximum Gasteiger partial charge on any atom is 0.151 e. The van der Waals surface area contributed by atoms with Crippen molar-refractivity contribution in [2.24, 2.45) is 5.73 Å². The van der Waals surface area contributed by atoms with Crippen LogP contribution in [-0.4, -0.2) is 10.9 Å². The third-order valence-corrected chi connectivity index (χ3v) is 1.39. The van der Waals surface area contributed by atoms with Gasteiger partial charge in [-0.15, -0.1) is 12.4 Å². The summed E-state index contributed by atoms with van der Waals surface area (Å²) in [7, 11) is 0. The van der Waals surface area contributed by atoms with Gasteiger partial charge in [0.15, 0.2) is 5.17 Å². The molecule has 0 aliphatic heterocycles. The first-order chi connectivity index (χ1) is 3.27. The minimum atomic E-state index is 0. The van der Waals surface area contributed by atoms with Crippen LogP contribution in [0.15, 0.2) is 0 Å². The zero-order chi connectivity index (χ0) is 5.70. The van der Waals surface area contributed by atoms with Gasteiger partial charge in [-0.2, -0.15) is 0 Å². The van der Waals surface area contributed by atoms with E-state index in [4.69, 9.17) is 11.1 Å². The summed E-state index contributed by atoms with van der Waals surface area (Å²) >= 11 is 1.39. The molecule has 50 valence electrons. The molecule has 0 fully saturated rings. The molecule has 2 nitrogen and oxygen atoms in total. The standard InChI is InChI=1S/C4H10N2S.ClH/c1-2-3-7-4(5)6;/h2-3H2,1H3,(H3,5,6);1H. The molecular weight excluding hydrogens is 144 g/mol. The van der Waals surface area contributed by atoms with E-state index < -0.39 is 0 Å². The topological polar surface area (TPSA) is 49.9 Å². The number of hydrogen-bond donors (Lipinski definition) is 2. The van der Waals surface area contributed by atoms with Gasteiger partial charge in [-0.3, -0.25) is 5.41 Å². The van der Waals surface area contributed by atoms with Crippen molar-refractivity contribution in [3.63, 3.8) is 0 Å². The van der Waals surface area contributed by atoms with E-state index >= 15 is 0 Å². The van der Waals surface area contributed by atoms with Gasteiger partial charge in [-0.25, -0.2) is 0 Å². The number of rotatable bonds is 2. The Morgan fingerprint density at radius 2 is 2.25 bits per heavy atom. The van der Waals surface area contributed by atoms with E-state index in [0.717, 1.165) is 12.2 Å². The Balaban J connectivity index is 0. The number of hydrogen-bond acceptors (Lipinski definition) is 2. The predicted molar refractivity (Wildman–Crippen MR) is 41.9 cm³/mol. The first-order valence-corrected chi connectivity index (χ1v) is 3.22. The smallest absolute Gasteiger partial charge is 0.151 e. The molecule has 8 heavy (non-hydrogen) atoms. The van der Waals surface area contributed by atoms with Crippen LogP contribution in [0, 0.1) is 5.41 Å². The summed E-state index contributed by atoms with van der Waals surface area (Å²) in [5.41, 5.74) is 5.02. The van der Waals surface area contributed by atoms with Gasteiger partial charge in [0.2, 0.25) is 0 Å². The van der Waals surface area contributed by atoms with Crippen molar-refractivity contribution >= 4 is 29.3 Å². The average Bonchev–Trinajstić information content (AvgIpc) is 1.61. The van der Waals surface area contributed by atoms with Gasteiger partial charge in [0.1, 0.15) is 0 Å². The zero-order valence-electron chi connectivity index (χ0n) is 4.81. The molecule has 0 spiro atoms. The Labute approximate surface area is 60.1 Å². The second-order valence-corrected chi connectivity index (χ2v) is 2.35. The van der Waals surface area contributed by atoms with Crippen LogP contribution in [0.4, 0.5) is 0 Å². The molecule has 3 N–H and O–H groups in total.